The second-order valence-electron chi connectivity index (χ2n) is 6.18. The molecule has 142 valence electrons. The van der Waals surface area contributed by atoms with Crippen LogP contribution in [0.1, 0.15) is 12.0 Å². The van der Waals surface area contributed by atoms with Crippen molar-refractivity contribution in [2.75, 3.05) is 22.4 Å². The van der Waals surface area contributed by atoms with E-state index in [2.05, 4.69) is 10.3 Å². The van der Waals surface area contributed by atoms with Crippen molar-refractivity contribution < 1.29 is 13.2 Å². The molecule has 28 heavy (non-hydrogen) atoms. The number of carbonyl (C=O) groups excluding carboxylic acids is 1. The van der Waals surface area contributed by atoms with E-state index in [1.807, 2.05) is 18.2 Å². The fourth-order valence-electron chi connectivity index (χ4n) is 2.85. The molecule has 0 spiro atoms. The zero-order valence-corrected chi connectivity index (χ0v) is 16.0. The average molecular weight is 394 g/mol. The number of pyridine rings is 1. The topological polar surface area (TPSA) is 103 Å². The highest BCUT2D eigenvalue weighted by molar-refractivity contribution is 7.92. The Hall–Kier alpha value is -3.44. The van der Waals surface area contributed by atoms with Crippen LogP contribution in [0, 0.1) is 11.3 Å². The predicted octanol–water partition coefficient (Wildman–Crippen LogP) is 2.90. The van der Waals surface area contributed by atoms with Gasteiger partial charge in [-0.1, -0.05) is 24.3 Å². The van der Waals surface area contributed by atoms with E-state index in [0.717, 1.165) is 11.6 Å². The van der Waals surface area contributed by atoms with Crippen LogP contribution in [-0.2, 0) is 14.8 Å². The third-order valence-electron chi connectivity index (χ3n) is 4.10. The molecule has 0 radical (unpaired) electrons. The van der Waals surface area contributed by atoms with Crippen LogP contribution in [0.15, 0.2) is 60.8 Å². The Labute approximate surface area is 163 Å². The summed E-state index contributed by atoms with van der Waals surface area (Å²) in [7, 11) is -3.62. The minimum Gasteiger partial charge on any atom is -0.326 e. The van der Waals surface area contributed by atoms with Crippen molar-refractivity contribution in [2.45, 2.75) is 6.42 Å². The van der Waals surface area contributed by atoms with Crippen molar-refractivity contribution in [3.05, 3.63) is 66.4 Å². The normalized spacial score (nSPS) is 11.0. The van der Waals surface area contributed by atoms with Gasteiger partial charge in [0.25, 0.3) is 0 Å². The fraction of sp³-hybridized carbons (Fsp3) is 0.150. The number of nitrogens with zero attached hydrogens (tertiary/aromatic N) is 3. The van der Waals surface area contributed by atoms with Gasteiger partial charge in [-0.3, -0.25) is 14.1 Å². The number of benzene rings is 2. The molecule has 1 amide bonds. The summed E-state index contributed by atoms with van der Waals surface area (Å²) in [5.74, 6) is -0.350. The molecule has 8 heteroatoms. The highest BCUT2D eigenvalue weighted by Crippen LogP contribution is 2.26. The number of amides is 1. The first-order valence-electron chi connectivity index (χ1n) is 8.50. The Kier molecular flexibility index (Phi) is 5.57. The maximum absolute atomic E-state index is 12.4. The maximum Gasteiger partial charge on any atom is 0.232 e. The number of nitrogens with one attached hydrogen (secondary N) is 1. The maximum atomic E-state index is 12.4. The molecule has 0 unspecified atom stereocenters. The van der Waals surface area contributed by atoms with Gasteiger partial charge in [0.1, 0.15) is 0 Å². The van der Waals surface area contributed by atoms with Crippen LogP contribution >= 0.6 is 0 Å². The summed E-state index contributed by atoms with van der Waals surface area (Å²) in [6.07, 6.45) is 2.65. The van der Waals surface area contributed by atoms with Crippen LogP contribution in [0.2, 0.25) is 0 Å². The lowest BCUT2D eigenvalue weighted by Crippen LogP contribution is -2.33. The lowest BCUT2D eigenvalue weighted by atomic mass is 10.2. The number of nitriles is 1. The molecule has 3 aromatic rings. The van der Waals surface area contributed by atoms with Gasteiger partial charge in [0, 0.05) is 30.2 Å². The molecular weight excluding hydrogens is 376 g/mol. The van der Waals surface area contributed by atoms with E-state index >= 15 is 0 Å². The van der Waals surface area contributed by atoms with Crippen molar-refractivity contribution in [3.8, 4) is 6.07 Å². The zero-order chi connectivity index (χ0) is 20.1. The third-order valence-corrected chi connectivity index (χ3v) is 5.28. The van der Waals surface area contributed by atoms with E-state index in [0.29, 0.717) is 22.5 Å². The molecule has 3 rings (SSSR count). The number of fused-ring (bicyclic) bond motifs is 1. The number of hydrogen-bond donors (Lipinski definition) is 1. The van der Waals surface area contributed by atoms with E-state index in [4.69, 9.17) is 5.26 Å². The Balaban J connectivity index is 1.80. The van der Waals surface area contributed by atoms with E-state index in [1.165, 1.54) is 4.31 Å². The standard InChI is InChI=1S/C20H18N4O3S/c1-28(26,27)24(18-9-3-6-16-7-4-11-22-20(16)18)12-10-19(25)23-17-8-2-5-15(13-17)14-21/h2-9,11,13H,10,12H2,1H3,(H,23,25). The van der Waals surface area contributed by atoms with Crippen LogP contribution < -0.4 is 9.62 Å². The van der Waals surface area contributed by atoms with E-state index in [-0.39, 0.29) is 18.9 Å². The molecule has 0 aliphatic rings. The van der Waals surface area contributed by atoms with Gasteiger partial charge in [0.15, 0.2) is 0 Å². The summed E-state index contributed by atoms with van der Waals surface area (Å²) in [5, 5.41) is 12.4. The second kappa shape index (κ2) is 8.06. The molecule has 1 aromatic heterocycles. The number of aromatic nitrogens is 1. The summed E-state index contributed by atoms with van der Waals surface area (Å²) < 4.78 is 25.9. The fourth-order valence-corrected chi connectivity index (χ4v) is 3.77. The van der Waals surface area contributed by atoms with Crippen LogP contribution in [0.25, 0.3) is 10.9 Å². The minimum absolute atomic E-state index is 0.0295. The van der Waals surface area contributed by atoms with E-state index in [9.17, 15) is 13.2 Å². The van der Waals surface area contributed by atoms with Gasteiger partial charge in [-0.05, 0) is 30.3 Å². The van der Waals surface area contributed by atoms with Gasteiger partial charge < -0.3 is 5.32 Å². The number of sulfonamides is 1. The number of para-hydroxylation sites is 1. The van der Waals surface area contributed by atoms with Crippen molar-refractivity contribution in [2.24, 2.45) is 0 Å². The summed E-state index contributed by atoms with van der Waals surface area (Å²) in [5.41, 5.74) is 1.90. The van der Waals surface area contributed by atoms with Crippen molar-refractivity contribution in [1.82, 2.24) is 4.98 Å². The number of carbonyl (C=O) groups is 1. The van der Waals surface area contributed by atoms with Crippen LogP contribution in [-0.4, -0.2) is 32.1 Å². The molecule has 0 saturated heterocycles. The molecule has 0 fully saturated rings. The summed E-state index contributed by atoms with van der Waals surface area (Å²) >= 11 is 0. The highest BCUT2D eigenvalue weighted by atomic mass is 32.2. The van der Waals surface area contributed by atoms with Crippen molar-refractivity contribution in [1.29, 1.82) is 5.26 Å². The Morgan fingerprint density at radius 1 is 1.18 bits per heavy atom. The van der Waals surface area contributed by atoms with Crippen molar-refractivity contribution in [3.63, 3.8) is 0 Å². The molecule has 1 heterocycles. The third kappa shape index (κ3) is 4.45. The van der Waals surface area contributed by atoms with Gasteiger partial charge in [0.2, 0.25) is 15.9 Å². The number of rotatable bonds is 6. The molecule has 0 saturated carbocycles. The number of anilines is 2. The van der Waals surface area contributed by atoms with Gasteiger partial charge in [0.05, 0.1) is 29.1 Å². The second-order valence-corrected chi connectivity index (χ2v) is 8.08. The molecule has 2 aromatic carbocycles. The van der Waals surface area contributed by atoms with Crippen LogP contribution in [0.4, 0.5) is 11.4 Å². The van der Waals surface area contributed by atoms with Gasteiger partial charge in [-0.15, -0.1) is 0 Å². The first kappa shape index (κ1) is 19.3. The quantitative estimate of drug-likeness (QED) is 0.692. The largest absolute Gasteiger partial charge is 0.326 e. The Morgan fingerprint density at radius 3 is 2.68 bits per heavy atom. The number of hydrogen-bond acceptors (Lipinski definition) is 5. The van der Waals surface area contributed by atoms with Gasteiger partial charge in [-0.2, -0.15) is 5.26 Å². The molecule has 0 aliphatic heterocycles. The Bertz CT molecular complexity index is 1160. The summed E-state index contributed by atoms with van der Waals surface area (Å²) in [4.78, 5) is 16.6. The smallest absolute Gasteiger partial charge is 0.232 e. The molecule has 0 bridgehead atoms. The SMILES string of the molecule is CS(=O)(=O)N(CCC(=O)Nc1cccc(C#N)c1)c1cccc2cccnc12. The average Bonchev–Trinajstić information content (AvgIpc) is 2.67. The molecule has 7 nitrogen and oxygen atoms in total. The highest BCUT2D eigenvalue weighted by Gasteiger charge is 2.21. The zero-order valence-electron chi connectivity index (χ0n) is 15.2. The molecule has 1 N–H and O–H groups in total. The van der Waals surface area contributed by atoms with Gasteiger partial charge >= 0.3 is 0 Å². The summed E-state index contributed by atoms with van der Waals surface area (Å²) in [6.45, 7) is -0.0295. The lowest BCUT2D eigenvalue weighted by molar-refractivity contribution is -0.116. The monoisotopic (exact) mass is 394 g/mol. The predicted molar refractivity (Wildman–Crippen MR) is 108 cm³/mol. The Morgan fingerprint density at radius 2 is 1.93 bits per heavy atom. The first-order valence-corrected chi connectivity index (χ1v) is 10.3. The van der Waals surface area contributed by atoms with Crippen LogP contribution in [0.3, 0.4) is 0 Å². The minimum atomic E-state index is -3.62. The van der Waals surface area contributed by atoms with E-state index in [1.54, 1.807) is 48.7 Å². The molecule has 0 atom stereocenters. The lowest BCUT2D eigenvalue weighted by Gasteiger charge is -2.23. The van der Waals surface area contributed by atoms with Gasteiger partial charge in [-0.25, -0.2) is 8.42 Å². The molecule has 0 aliphatic carbocycles. The summed E-state index contributed by atoms with van der Waals surface area (Å²) in [6, 6.07) is 17.4. The molecular formula is C20H18N4O3S. The van der Waals surface area contributed by atoms with E-state index < -0.39 is 10.0 Å². The van der Waals surface area contributed by atoms with Crippen molar-refractivity contribution >= 4 is 38.2 Å². The first-order chi connectivity index (χ1) is 13.4. The van der Waals surface area contributed by atoms with Crippen LogP contribution in [0.5, 0.6) is 0 Å².